The van der Waals surface area contributed by atoms with E-state index in [0.29, 0.717) is 26.3 Å². The van der Waals surface area contributed by atoms with Gasteiger partial charge in [-0.1, -0.05) is 46.3 Å². The maximum Gasteiger partial charge on any atom is 0.343 e. The molecule has 1 heterocycles. The average Bonchev–Trinajstić information content (AvgIpc) is 3.09. The Morgan fingerprint density at radius 1 is 1.03 bits per heavy atom. The maximum atomic E-state index is 12.9. The summed E-state index contributed by atoms with van der Waals surface area (Å²) in [5.74, 6) is -0.371. The highest BCUT2D eigenvalue weighted by Crippen LogP contribution is 2.39. The first-order valence-corrected chi connectivity index (χ1v) is 12.4. The van der Waals surface area contributed by atoms with Crippen LogP contribution in [0.2, 0.25) is 0 Å². The predicted octanol–water partition coefficient (Wildman–Crippen LogP) is 6.68. The lowest BCUT2D eigenvalue weighted by atomic mass is 10.1. The fourth-order valence-corrected chi connectivity index (χ4v) is 4.85. The lowest BCUT2D eigenvalue weighted by molar-refractivity contribution is -0.123. The minimum atomic E-state index is -0.526. The van der Waals surface area contributed by atoms with Gasteiger partial charge < -0.3 is 9.47 Å². The Balaban J connectivity index is 1.56. The molecule has 3 aromatic rings. The minimum absolute atomic E-state index is 0.191. The van der Waals surface area contributed by atoms with Gasteiger partial charge in [-0.15, -0.1) is 0 Å². The van der Waals surface area contributed by atoms with E-state index in [1.165, 1.54) is 12.0 Å². The Hall–Kier alpha value is -2.88. The zero-order valence-electron chi connectivity index (χ0n) is 17.8. The quantitative estimate of drug-likeness (QED) is 0.178. The SMILES string of the molecule is COc1cc(/C=C2\SC(=O)N(Cc3ccc(Br)cc3)C2=O)cc(Br)c1OC(=O)c1ccccc1. The number of hydrogen-bond acceptors (Lipinski definition) is 6. The van der Waals surface area contributed by atoms with E-state index in [1.807, 2.05) is 30.3 Å². The van der Waals surface area contributed by atoms with Crippen molar-refractivity contribution in [2.75, 3.05) is 7.11 Å². The number of nitrogens with zero attached hydrogens (tertiary/aromatic N) is 1. The zero-order valence-corrected chi connectivity index (χ0v) is 21.8. The molecule has 6 nitrogen and oxygen atoms in total. The molecule has 0 unspecified atom stereocenters. The largest absolute Gasteiger partial charge is 0.493 e. The molecule has 4 rings (SSSR count). The van der Waals surface area contributed by atoms with E-state index in [2.05, 4.69) is 31.9 Å². The molecular weight excluding hydrogens is 586 g/mol. The number of esters is 1. The molecule has 0 spiro atoms. The van der Waals surface area contributed by atoms with Gasteiger partial charge in [0.1, 0.15) is 0 Å². The highest BCUT2D eigenvalue weighted by atomic mass is 79.9. The monoisotopic (exact) mass is 601 g/mol. The molecule has 172 valence electrons. The highest BCUT2D eigenvalue weighted by Gasteiger charge is 2.35. The van der Waals surface area contributed by atoms with Gasteiger partial charge in [-0.05, 0) is 81.3 Å². The summed E-state index contributed by atoms with van der Waals surface area (Å²) in [6.45, 7) is 0.191. The molecule has 0 aromatic heterocycles. The summed E-state index contributed by atoms with van der Waals surface area (Å²) in [6.07, 6.45) is 1.61. The summed E-state index contributed by atoms with van der Waals surface area (Å²) in [6, 6.07) is 19.4. The Morgan fingerprint density at radius 2 is 1.74 bits per heavy atom. The topological polar surface area (TPSA) is 72.9 Å². The van der Waals surface area contributed by atoms with E-state index >= 15 is 0 Å². The third-order valence-electron chi connectivity index (χ3n) is 4.88. The molecule has 0 bridgehead atoms. The number of thioether (sulfide) groups is 1. The summed E-state index contributed by atoms with van der Waals surface area (Å²) in [5, 5.41) is -0.335. The van der Waals surface area contributed by atoms with Crippen molar-refractivity contribution in [1.29, 1.82) is 0 Å². The zero-order chi connectivity index (χ0) is 24.2. The average molecular weight is 603 g/mol. The number of benzene rings is 3. The summed E-state index contributed by atoms with van der Waals surface area (Å²) in [5.41, 5.74) is 1.86. The number of amides is 2. The number of hydrogen-bond donors (Lipinski definition) is 0. The van der Waals surface area contributed by atoms with Crippen LogP contribution >= 0.6 is 43.6 Å². The van der Waals surface area contributed by atoms with Gasteiger partial charge in [-0.2, -0.15) is 0 Å². The molecule has 1 fully saturated rings. The van der Waals surface area contributed by atoms with E-state index < -0.39 is 5.97 Å². The van der Waals surface area contributed by atoms with Crippen molar-refractivity contribution in [3.05, 3.63) is 97.3 Å². The Kier molecular flexibility index (Phi) is 7.55. The van der Waals surface area contributed by atoms with Gasteiger partial charge in [0, 0.05) is 4.47 Å². The normalized spacial score (nSPS) is 14.6. The number of methoxy groups -OCH3 is 1. The molecule has 1 aliphatic heterocycles. The minimum Gasteiger partial charge on any atom is -0.493 e. The molecule has 0 aliphatic carbocycles. The van der Waals surface area contributed by atoms with Crippen LogP contribution in [-0.4, -0.2) is 29.1 Å². The molecular formula is C25H17Br2NO5S. The second kappa shape index (κ2) is 10.6. The number of imide groups is 1. The van der Waals surface area contributed by atoms with Crippen molar-refractivity contribution in [3.63, 3.8) is 0 Å². The van der Waals surface area contributed by atoms with Crippen molar-refractivity contribution >= 4 is 66.8 Å². The van der Waals surface area contributed by atoms with Gasteiger partial charge in [0.25, 0.3) is 11.1 Å². The van der Waals surface area contributed by atoms with Crippen LogP contribution in [0.3, 0.4) is 0 Å². The second-order valence-corrected chi connectivity index (χ2v) is 9.95. The molecule has 1 saturated heterocycles. The lowest BCUT2D eigenvalue weighted by Gasteiger charge is -2.13. The first-order valence-electron chi connectivity index (χ1n) is 10.0. The third kappa shape index (κ3) is 5.43. The lowest BCUT2D eigenvalue weighted by Crippen LogP contribution is -2.27. The molecule has 0 radical (unpaired) electrons. The van der Waals surface area contributed by atoms with Crippen molar-refractivity contribution in [2.45, 2.75) is 6.54 Å². The van der Waals surface area contributed by atoms with Gasteiger partial charge in [0.15, 0.2) is 11.5 Å². The van der Waals surface area contributed by atoms with Crippen LogP contribution in [0.25, 0.3) is 6.08 Å². The predicted molar refractivity (Wildman–Crippen MR) is 138 cm³/mol. The summed E-state index contributed by atoms with van der Waals surface area (Å²) >= 11 is 7.67. The van der Waals surface area contributed by atoms with E-state index in [0.717, 1.165) is 21.8 Å². The molecule has 0 atom stereocenters. The highest BCUT2D eigenvalue weighted by molar-refractivity contribution is 9.10. The van der Waals surface area contributed by atoms with Gasteiger partial charge in [0.05, 0.1) is 28.6 Å². The Morgan fingerprint density at radius 3 is 2.41 bits per heavy atom. The Labute approximate surface area is 217 Å². The molecule has 2 amide bonds. The van der Waals surface area contributed by atoms with Crippen LogP contribution in [0.4, 0.5) is 4.79 Å². The van der Waals surface area contributed by atoms with Crippen LogP contribution in [0.1, 0.15) is 21.5 Å². The smallest absolute Gasteiger partial charge is 0.343 e. The number of rotatable bonds is 6. The molecule has 9 heteroatoms. The number of ether oxygens (including phenoxy) is 2. The first-order chi connectivity index (χ1) is 16.4. The van der Waals surface area contributed by atoms with Gasteiger partial charge in [0.2, 0.25) is 0 Å². The third-order valence-corrected chi connectivity index (χ3v) is 6.91. The maximum absolute atomic E-state index is 12.9. The van der Waals surface area contributed by atoms with E-state index in [4.69, 9.17) is 9.47 Å². The van der Waals surface area contributed by atoms with Crippen molar-refractivity contribution < 1.29 is 23.9 Å². The summed E-state index contributed by atoms with van der Waals surface area (Å²) in [4.78, 5) is 39.4. The van der Waals surface area contributed by atoms with Crippen LogP contribution in [0.15, 0.2) is 80.6 Å². The van der Waals surface area contributed by atoms with Crippen molar-refractivity contribution in [1.82, 2.24) is 4.90 Å². The molecule has 0 saturated carbocycles. The second-order valence-electron chi connectivity index (χ2n) is 7.18. The van der Waals surface area contributed by atoms with E-state index in [-0.39, 0.29) is 23.4 Å². The first kappa shape index (κ1) is 24.3. The standard InChI is InChI=1S/C25H17Br2NO5S/c1-32-20-12-16(11-19(27)22(20)33-24(30)17-5-3-2-4-6-17)13-21-23(29)28(25(31)34-21)14-15-7-9-18(26)10-8-15/h2-13H,14H2,1H3/b21-13-. The summed E-state index contributed by atoms with van der Waals surface area (Å²) in [7, 11) is 1.46. The number of carbonyl (C=O) groups excluding carboxylic acids is 3. The summed E-state index contributed by atoms with van der Waals surface area (Å²) < 4.78 is 12.3. The fraction of sp³-hybridized carbons (Fsp3) is 0.0800. The van der Waals surface area contributed by atoms with Gasteiger partial charge >= 0.3 is 5.97 Å². The fourth-order valence-electron chi connectivity index (χ4n) is 3.21. The molecule has 34 heavy (non-hydrogen) atoms. The van der Waals surface area contributed by atoms with Crippen LogP contribution in [-0.2, 0) is 11.3 Å². The van der Waals surface area contributed by atoms with Crippen LogP contribution in [0, 0.1) is 0 Å². The molecule has 3 aromatic carbocycles. The molecule has 1 aliphatic rings. The van der Waals surface area contributed by atoms with Crippen molar-refractivity contribution in [2.24, 2.45) is 0 Å². The number of carbonyl (C=O) groups is 3. The number of halogens is 2. The van der Waals surface area contributed by atoms with Crippen LogP contribution < -0.4 is 9.47 Å². The van der Waals surface area contributed by atoms with Crippen molar-refractivity contribution in [3.8, 4) is 11.5 Å². The molecule has 0 N–H and O–H groups in total. The van der Waals surface area contributed by atoms with E-state index in [9.17, 15) is 14.4 Å². The van der Waals surface area contributed by atoms with Crippen LogP contribution in [0.5, 0.6) is 11.5 Å². The van der Waals surface area contributed by atoms with Gasteiger partial charge in [-0.25, -0.2) is 4.79 Å². The van der Waals surface area contributed by atoms with E-state index in [1.54, 1.807) is 42.5 Å². The Bertz CT molecular complexity index is 1290. The van der Waals surface area contributed by atoms with Gasteiger partial charge in [-0.3, -0.25) is 14.5 Å².